The molecule has 2 amide bonds. The van der Waals surface area contributed by atoms with Gasteiger partial charge in [-0.15, -0.1) is 0 Å². The number of pyridine rings is 1. The number of ether oxygens (including phenoxy) is 1. The molecule has 0 bridgehead atoms. The third-order valence-corrected chi connectivity index (χ3v) is 5.50. The van der Waals surface area contributed by atoms with Crippen molar-refractivity contribution in [3.05, 3.63) is 89.4 Å². The van der Waals surface area contributed by atoms with Gasteiger partial charge in [0.15, 0.2) is 0 Å². The second-order valence-corrected chi connectivity index (χ2v) is 8.16. The monoisotopic (exact) mass is 487 g/mol. The molecule has 2 heterocycles. The Kier molecular flexibility index (Phi) is 6.99. The van der Waals surface area contributed by atoms with Crippen molar-refractivity contribution in [2.24, 2.45) is 5.92 Å². The lowest BCUT2D eigenvalue weighted by molar-refractivity contribution is -0.137. The number of amides is 2. The number of aromatic nitrogens is 1. The predicted octanol–water partition coefficient (Wildman–Crippen LogP) is 4.70. The average molecular weight is 487 g/mol. The van der Waals surface area contributed by atoms with Crippen molar-refractivity contribution < 1.29 is 31.9 Å². The van der Waals surface area contributed by atoms with Crippen molar-refractivity contribution in [2.75, 3.05) is 6.54 Å². The smallest absolute Gasteiger partial charge is 0.416 e. The number of nitrogens with one attached hydrogen (secondary N) is 1. The standard InChI is InChI=1S/C25H21F4N3O3/c26-20-5-2-6-21(11-20)35-22-8-7-17(12-30-22)13-31-24(34)18-10-23(33)32(15-18)14-16-3-1-4-19(9-16)25(27,28)29/h1-9,11-12,18H,10,13-15H2,(H,31,34). The van der Waals surface area contributed by atoms with Crippen LogP contribution in [0.4, 0.5) is 17.6 Å². The molecule has 1 aliphatic heterocycles. The summed E-state index contributed by atoms with van der Waals surface area (Å²) in [5, 5.41) is 2.75. The molecule has 6 nitrogen and oxygen atoms in total. The van der Waals surface area contributed by atoms with Gasteiger partial charge in [0, 0.05) is 44.4 Å². The third kappa shape index (κ3) is 6.34. The van der Waals surface area contributed by atoms with Crippen LogP contribution in [-0.4, -0.2) is 28.2 Å². The summed E-state index contributed by atoms with van der Waals surface area (Å²) in [6.45, 7) is 0.299. The summed E-state index contributed by atoms with van der Waals surface area (Å²) in [5.41, 5.74) is 0.257. The van der Waals surface area contributed by atoms with Crippen LogP contribution in [0.25, 0.3) is 0 Å². The van der Waals surface area contributed by atoms with Gasteiger partial charge < -0.3 is 15.0 Å². The second-order valence-electron chi connectivity index (χ2n) is 8.16. The van der Waals surface area contributed by atoms with Crippen LogP contribution in [0.1, 0.15) is 23.1 Å². The maximum Gasteiger partial charge on any atom is 0.416 e. The Hall–Kier alpha value is -3.95. The first-order valence-electron chi connectivity index (χ1n) is 10.8. The van der Waals surface area contributed by atoms with E-state index in [1.54, 1.807) is 18.2 Å². The van der Waals surface area contributed by atoms with Gasteiger partial charge in [0.1, 0.15) is 11.6 Å². The van der Waals surface area contributed by atoms with E-state index < -0.39 is 23.5 Å². The number of hydrogen-bond donors (Lipinski definition) is 1. The Morgan fingerprint density at radius 3 is 2.60 bits per heavy atom. The predicted molar refractivity (Wildman–Crippen MR) is 118 cm³/mol. The highest BCUT2D eigenvalue weighted by molar-refractivity contribution is 5.89. The van der Waals surface area contributed by atoms with Crippen molar-refractivity contribution >= 4 is 11.8 Å². The first-order chi connectivity index (χ1) is 16.7. The van der Waals surface area contributed by atoms with E-state index in [0.717, 1.165) is 12.1 Å². The first kappa shape index (κ1) is 24.2. The summed E-state index contributed by atoms with van der Waals surface area (Å²) in [6.07, 6.45) is -2.97. The molecule has 0 radical (unpaired) electrons. The summed E-state index contributed by atoms with van der Waals surface area (Å²) in [7, 11) is 0. The molecule has 182 valence electrons. The summed E-state index contributed by atoms with van der Waals surface area (Å²) >= 11 is 0. The molecule has 1 atom stereocenters. The molecular formula is C25H21F4N3O3. The van der Waals surface area contributed by atoms with Crippen LogP contribution in [0.3, 0.4) is 0 Å². The van der Waals surface area contributed by atoms with E-state index >= 15 is 0 Å². The zero-order valence-electron chi connectivity index (χ0n) is 18.4. The number of carbonyl (C=O) groups excluding carboxylic acids is 2. The van der Waals surface area contributed by atoms with Crippen molar-refractivity contribution in [1.82, 2.24) is 15.2 Å². The van der Waals surface area contributed by atoms with Gasteiger partial charge in [-0.05, 0) is 35.4 Å². The summed E-state index contributed by atoms with van der Waals surface area (Å²) < 4.78 is 57.5. The number of likely N-dealkylation sites (tertiary alicyclic amines) is 1. The number of halogens is 4. The van der Waals surface area contributed by atoms with Crippen LogP contribution in [-0.2, 0) is 28.9 Å². The molecule has 0 spiro atoms. The van der Waals surface area contributed by atoms with E-state index in [9.17, 15) is 27.2 Å². The van der Waals surface area contributed by atoms with Crippen molar-refractivity contribution in [3.63, 3.8) is 0 Å². The van der Waals surface area contributed by atoms with Gasteiger partial charge in [0.25, 0.3) is 0 Å². The van der Waals surface area contributed by atoms with Gasteiger partial charge in [-0.2, -0.15) is 13.2 Å². The molecule has 4 rings (SSSR count). The highest BCUT2D eigenvalue weighted by Gasteiger charge is 2.35. The molecule has 0 aliphatic carbocycles. The summed E-state index contributed by atoms with van der Waals surface area (Å²) in [5.74, 6) is -1.08. The number of hydrogen-bond acceptors (Lipinski definition) is 4. The minimum absolute atomic E-state index is 0.00320. The van der Waals surface area contributed by atoms with Crippen molar-refractivity contribution in [3.8, 4) is 11.6 Å². The highest BCUT2D eigenvalue weighted by Crippen LogP contribution is 2.30. The molecule has 0 saturated carbocycles. The van der Waals surface area contributed by atoms with E-state index in [0.29, 0.717) is 16.9 Å². The normalized spacial score (nSPS) is 15.8. The Morgan fingerprint density at radius 1 is 1.09 bits per heavy atom. The van der Waals surface area contributed by atoms with Crippen LogP contribution in [0.15, 0.2) is 66.9 Å². The molecule has 1 aliphatic rings. The van der Waals surface area contributed by atoms with E-state index in [-0.39, 0.29) is 43.7 Å². The van der Waals surface area contributed by atoms with Crippen LogP contribution in [0, 0.1) is 11.7 Å². The van der Waals surface area contributed by atoms with Gasteiger partial charge in [0.05, 0.1) is 11.5 Å². The van der Waals surface area contributed by atoms with Gasteiger partial charge in [-0.3, -0.25) is 9.59 Å². The fourth-order valence-corrected chi connectivity index (χ4v) is 3.73. The molecule has 10 heteroatoms. The first-order valence-corrected chi connectivity index (χ1v) is 10.8. The van der Waals surface area contributed by atoms with E-state index in [4.69, 9.17) is 4.74 Å². The van der Waals surface area contributed by atoms with Crippen LogP contribution in [0.5, 0.6) is 11.6 Å². The lowest BCUT2D eigenvalue weighted by Gasteiger charge is -2.17. The Bertz CT molecular complexity index is 1220. The lowest BCUT2D eigenvalue weighted by Crippen LogP contribution is -2.32. The minimum Gasteiger partial charge on any atom is -0.439 e. The third-order valence-electron chi connectivity index (χ3n) is 5.50. The number of rotatable bonds is 7. The van der Waals surface area contributed by atoms with E-state index in [1.807, 2.05) is 0 Å². The van der Waals surface area contributed by atoms with Crippen molar-refractivity contribution in [1.29, 1.82) is 0 Å². The zero-order chi connectivity index (χ0) is 25.0. The van der Waals surface area contributed by atoms with Gasteiger partial charge in [0.2, 0.25) is 17.7 Å². The number of nitrogens with zero attached hydrogens (tertiary/aromatic N) is 2. The molecular weight excluding hydrogens is 466 g/mol. The number of alkyl halides is 3. The number of benzene rings is 2. The highest BCUT2D eigenvalue weighted by atomic mass is 19.4. The maximum atomic E-state index is 13.2. The molecule has 2 aromatic carbocycles. The zero-order valence-corrected chi connectivity index (χ0v) is 18.4. The van der Waals surface area contributed by atoms with Crippen LogP contribution < -0.4 is 10.1 Å². The average Bonchev–Trinajstić information content (AvgIpc) is 3.18. The lowest BCUT2D eigenvalue weighted by atomic mass is 10.1. The molecule has 3 aromatic rings. The second kappa shape index (κ2) is 10.1. The van der Waals surface area contributed by atoms with E-state index in [2.05, 4.69) is 10.3 Å². The Labute approximate surface area is 198 Å². The molecule has 1 unspecified atom stereocenters. The molecule has 1 saturated heterocycles. The molecule has 1 aromatic heterocycles. The maximum absolute atomic E-state index is 13.2. The van der Waals surface area contributed by atoms with Gasteiger partial charge >= 0.3 is 6.18 Å². The van der Waals surface area contributed by atoms with Gasteiger partial charge in [-0.25, -0.2) is 9.37 Å². The fourth-order valence-electron chi connectivity index (χ4n) is 3.73. The molecule has 1 N–H and O–H groups in total. The van der Waals surface area contributed by atoms with Crippen LogP contribution >= 0.6 is 0 Å². The Morgan fingerprint density at radius 2 is 1.89 bits per heavy atom. The SMILES string of the molecule is O=C(NCc1ccc(Oc2cccc(F)c2)nc1)C1CC(=O)N(Cc2cccc(C(F)(F)F)c2)C1. The largest absolute Gasteiger partial charge is 0.439 e. The summed E-state index contributed by atoms with van der Waals surface area (Å²) in [6, 6.07) is 13.7. The van der Waals surface area contributed by atoms with E-state index in [1.165, 1.54) is 41.4 Å². The number of carbonyl (C=O) groups is 2. The molecule has 35 heavy (non-hydrogen) atoms. The van der Waals surface area contributed by atoms with Gasteiger partial charge in [-0.1, -0.05) is 24.3 Å². The van der Waals surface area contributed by atoms with Crippen molar-refractivity contribution in [2.45, 2.75) is 25.7 Å². The topological polar surface area (TPSA) is 71.5 Å². The minimum atomic E-state index is -4.47. The fraction of sp³-hybridized carbons (Fsp3) is 0.240. The van der Waals surface area contributed by atoms with Crippen LogP contribution in [0.2, 0.25) is 0 Å². The quantitative estimate of drug-likeness (QED) is 0.491. The Balaban J connectivity index is 1.28. The summed E-state index contributed by atoms with van der Waals surface area (Å²) in [4.78, 5) is 30.4. The molecule has 1 fully saturated rings.